The van der Waals surface area contributed by atoms with Crippen LogP contribution in [0.1, 0.15) is 52.0 Å². The minimum absolute atomic E-state index is 0.211. The SMILES string of the molecule is CC(C)(C)OC(=O)N[C@H]1CC[C@H](NCc2cccc(-c3ccncc3)c2)CC1. The van der Waals surface area contributed by atoms with E-state index in [0.717, 1.165) is 32.2 Å². The van der Waals surface area contributed by atoms with Gasteiger partial charge < -0.3 is 15.4 Å². The molecule has 0 bridgehead atoms. The number of amides is 1. The molecule has 1 amide bonds. The van der Waals surface area contributed by atoms with Crippen molar-refractivity contribution in [2.24, 2.45) is 0 Å². The fourth-order valence-electron chi connectivity index (χ4n) is 3.58. The molecular weight excluding hydrogens is 350 g/mol. The zero-order valence-corrected chi connectivity index (χ0v) is 17.1. The molecular formula is C23H31N3O2. The molecule has 0 spiro atoms. The number of nitrogens with one attached hydrogen (secondary N) is 2. The molecule has 5 nitrogen and oxygen atoms in total. The number of nitrogens with zero attached hydrogens (tertiary/aromatic N) is 1. The van der Waals surface area contributed by atoms with E-state index in [1.165, 1.54) is 16.7 Å². The Labute approximate surface area is 167 Å². The van der Waals surface area contributed by atoms with E-state index in [2.05, 4.69) is 39.9 Å². The van der Waals surface area contributed by atoms with Crippen LogP contribution in [0, 0.1) is 0 Å². The molecule has 2 N–H and O–H groups in total. The van der Waals surface area contributed by atoms with Gasteiger partial charge in [0.25, 0.3) is 0 Å². The lowest BCUT2D eigenvalue weighted by atomic mass is 9.91. The number of carbonyl (C=O) groups excluding carboxylic acids is 1. The van der Waals surface area contributed by atoms with Gasteiger partial charge in [-0.25, -0.2) is 4.79 Å². The lowest BCUT2D eigenvalue weighted by Crippen LogP contribution is -2.43. The van der Waals surface area contributed by atoms with E-state index in [1.54, 1.807) is 0 Å². The van der Waals surface area contributed by atoms with Crippen molar-refractivity contribution in [2.45, 2.75) is 70.7 Å². The average molecular weight is 382 g/mol. The maximum absolute atomic E-state index is 11.9. The van der Waals surface area contributed by atoms with E-state index in [9.17, 15) is 4.79 Å². The van der Waals surface area contributed by atoms with Crippen molar-refractivity contribution in [1.82, 2.24) is 15.6 Å². The highest BCUT2D eigenvalue weighted by atomic mass is 16.6. The predicted octanol–water partition coefficient (Wildman–Crippen LogP) is 4.67. The molecule has 5 heteroatoms. The van der Waals surface area contributed by atoms with Crippen molar-refractivity contribution in [3.63, 3.8) is 0 Å². The monoisotopic (exact) mass is 381 g/mol. The van der Waals surface area contributed by atoms with Crippen molar-refractivity contribution in [3.05, 3.63) is 54.4 Å². The molecule has 0 radical (unpaired) electrons. The number of hydrogen-bond acceptors (Lipinski definition) is 4. The van der Waals surface area contributed by atoms with E-state index in [1.807, 2.05) is 45.3 Å². The largest absolute Gasteiger partial charge is 0.444 e. The second-order valence-electron chi connectivity index (χ2n) is 8.51. The number of benzene rings is 1. The first kappa shape index (κ1) is 20.3. The van der Waals surface area contributed by atoms with Gasteiger partial charge in [0, 0.05) is 31.0 Å². The Kier molecular flexibility index (Phi) is 6.68. The smallest absolute Gasteiger partial charge is 0.407 e. The Bertz CT molecular complexity index is 763. The van der Waals surface area contributed by atoms with Crippen LogP contribution in [-0.4, -0.2) is 28.8 Å². The zero-order chi connectivity index (χ0) is 20.0. The lowest BCUT2D eigenvalue weighted by Gasteiger charge is -2.30. The summed E-state index contributed by atoms with van der Waals surface area (Å²) in [5, 5.41) is 6.67. The summed E-state index contributed by atoms with van der Waals surface area (Å²) in [4.78, 5) is 16.0. The zero-order valence-electron chi connectivity index (χ0n) is 17.1. The van der Waals surface area contributed by atoms with Crippen LogP contribution in [0.5, 0.6) is 0 Å². The average Bonchev–Trinajstić information content (AvgIpc) is 2.67. The van der Waals surface area contributed by atoms with Crippen molar-refractivity contribution >= 4 is 6.09 Å². The highest BCUT2D eigenvalue weighted by Gasteiger charge is 2.24. The topological polar surface area (TPSA) is 63.2 Å². The number of alkyl carbamates (subject to hydrolysis) is 1. The van der Waals surface area contributed by atoms with Gasteiger partial charge in [-0.1, -0.05) is 18.2 Å². The van der Waals surface area contributed by atoms with Crippen molar-refractivity contribution in [3.8, 4) is 11.1 Å². The van der Waals surface area contributed by atoms with Crippen LogP contribution in [0.3, 0.4) is 0 Å². The third-order valence-corrected chi connectivity index (χ3v) is 4.98. The van der Waals surface area contributed by atoms with Crippen LogP contribution in [-0.2, 0) is 11.3 Å². The van der Waals surface area contributed by atoms with E-state index in [-0.39, 0.29) is 12.1 Å². The van der Waals surface area contributed by atoms with E-state index in [0.29, 0.717) is 6.04 Å². The van der Waals surface area contributed by atoms with Gasteiger partial charge in [-0.15, -0.1) is 0 Å². The second-order valence-corrected chi connectivity index (χ2v) is 8.51. The summed E-state index contributed by atoms with van der Waals surface area (Å²) < 4.78 is 5.35. The summed E-state index contributed by atoms with van der Waals surface area (Å²) >= 11 is 0. The molecule has 3 rings (SSSR count). The summed E-state index contributed by atoms with van der Waals surface area (Å²) in [5.41, 5.74) is 3.23. The van der Waals surface area contributed by atoms with Crippen molar-refractivity contribution in [1.29, 1.82) is 0 Å². The Morgan fingerprint density at radius 3 is 2.39 bits per heavy atom. The van der Waals surface area contributed by atoms with Gasteiger partial charge >= 0.3 is 6.09 Å². The normalized spacial score (nSPS) is 19.8. The molecule has 1 fully saturated rings. The van der Waals surface area contributed by atoms with Crippen LogP contribution >= 0.6 is 0 Å². The third kappa shape index (κ3) is 6.34. The number of aromatic nitrogens is 1. The highest BCUT2D eigenvalue weighted by molar-refractivity contribution is 5.68. The molecule has 0 unspecified atom stereocenters. The lowest BCUT2D eigenvalue weighted by molar-refractivity contribution is 0.0489. The summed E-state index contributed by atoms with van der Waals surface area (Å²) in [6.45, 7) is 6.51. The van der Waals surface area contributed by atoms with Gasteiger partial charge in [0.05, 0.1) is 0 Å². The number of hydrogen-bond donors (Lipinski definition) is 2. The molecule has 0 atom stereocenters. The number of rotatable bonds is 5. The minimum atomic E-state index is -0.451. The predicted molar refractivity (Wildman–Crippen MR) is 112 cm³/mol. The Balaban J connectivity index is 1.44. The number of ether oxygens (including phenoxy) is 1. The first-order chi connectivity index (χ1) is 13.4. The molecule has 1 heterocycles. The first-order valence-electron chi connectivity index (χ1n) is 10.1. The number of carbonyl (C=O) groups is 1. The minimum Gasteiger partial charge on any atom is -0.444 e. The van der Waals surface area contributed by atoms with E-state index in [4.69, 9.17) is 4.74 Å². The molecule has 1 aromatic heterocycles. The van der Waals surface area contributed by atoms with Gasteiger partial charge in [-0.2, -0.15) is 0 Å². The second kappa shape index (κ2) is 9.20. The fourth-order valence-corrected chi connectivity index (χ4v) is 3.58. The van der Waals surface area contributed by atoms with Crippen LogP contribution in [0.4, 0.5) is 4.79 Å². The maximum atomic E-state index is 11.9. The van der Waals surface area contributed by atoms with Crippen molar-refractivity contribution < 1.29 is 9.53 Å². The van der Waals surface area contributed by atoms with Gasteiger partial charge in [0.1, 0.15) is 5.60 Å². The Morgan fingerprint density at radius 2 is 1.71 bits per heavy atom. The van der Waals surface area contributed by atoms with Gasteiger partial charge in [-0.3, -0.25) is 4.98 Å². The number of pyridine rings is 1. The molecule has 2 aromatic rings. The van der Waals surface area contributed by atoms with Crippen LogP contribution in [0.2, 0.25) is 0 Å². The summed E-state index contributed by atoms with van der Waals surface area (Å²) in [7, 11) is 0. The molecule has 150 valence electrons. The molecule has 1 saturated carbocycles. The molecule has 28 heavy (non-hydrogen) atoms. The molecule has 0 aliphatic heterocycles. The standard InChI is InChI=1S/C23H31N3O2/c1-23(2,3)28-22(27)26-21-9-7-20(8-10-21)25-16-17-5-4-6-19(15-17)18-11-13-24-14-12-18/h4-6,11-15,20-21,25H,7-10,16H2,1-3H3,(H,26,27)/t20-,21-. The Morgan fingerprint density at radius 1 is 1.04 bits per heavy atom. The van der Waals surface area contributed by atoms with Gasteiger partial charge in [0.2, 0.25) is 0 Å². The van der Waals surface area contributed by atoms with E-state index >= 15 is 0 Å². The molecule has 1 aliphatic rings. The summed E-state index contributed by atoms with van der Waals surface area (Å²) in [6, 6.07) is 13.4. The first-order valence-corrected chi connectivity index (χ1v) is 10.1. The van der Waals surface area contributed by atoms with Crippen LogP contribution < -0.4 is 10.6 Å². The van der Waals surface area contributed by atoms with Gasteiger partial charge in [-0.05, 0) is 81.3 Å². The molecule has 1 aromatic carbocycles. The molecule has 0 saturated heterocycles. The van der Waals surface area contributed by atoms with Crippen LogP contribution in [0.25, 0.3) is 11.1 Å². The maximum Gasteiger partial charge on any atom is 0.407 e. The van der Waals surface area contributed by atoms with E-state index < -0.39 is 5.60 Å². The quantitative estimate of drug-likeness (QED) is 0.790. The molecule has 1 aliphatic carbocycles. The fraction of sp³-hybridized carbons (Fsp3) is 0.478. The summed E-state index contributed by atoms with van der Waals surface area (Å²) in [6.07, 6.45) is 7.42. The third-order valence-electron chi connectivity index (χ3n) is 4.98. The van der Waals surface area contributed by atoms with Crippen LogP contribution in [0.15, 0.2) is 48.8 Å². The summed E-state index contributed by atoms with van der Waals surface area (Å²) in [5.74, 6) is 0. The Hall–Kier alpha value is -2.40. The van der Waals surface area contributed by atoms with Crippen molar-refractivity contribution in [2.75, 3.05) is 0 Å². The van der Waals surface area contributed by atoms with Gasteiger partial charge in [0.15, 0.2) is 0 Å². The highest BCUT2D eigenvalue weighted by Crippen LogP contribution is 2.22.